The third kappa shape index (κ3) is 9.39. The van der Waals surface area contributed by atoms with Gasteiger partial charge in [0, 0.05) is 54.8 Å². The number of carboxylic acid groups (broad SMARTS) is 1. The fourth-order valence-corrected chi connectivity index (χ4v) is 6.63. The highest BCUT2D eigenvalue weighted by atomic mass is 35.5. The topological polar surface area (TPSA) is 171 Å². The second-order valence-corrected chi connectivity index (χ2v) is 13.4. The summed E-state index contributed by atoms with van der Waals surface area (Å²) in [5.74, 6) is 1.08. The first-order valence-electron chi connectivity index (χ1n) is 17.7. The number of pyridine rings is 2. The summed E-state index contributed by atoms with van der Waals surface area (Å²) in [6.45, 7) is 6.31. The molecule has 0 fully saturated rings. The maximum absolute atomic E-state index is 11.0. The third-order valence-electron chi connectivity index (χ3n) is 9.25. The second kappa shape index (κ2) is 17.9. The van der Waals surface area contributed by atoms with Crippen LogP contribution in [0.4, 0.5) is 0 Å². The van der Waals surface area contributed by atoms with Gasteiger partial charge in [0.05, 0.1) is 48.0 Å². The van der Waals surface area contributed by atoms with E-state index in [0.29, 0.717) is 39.1 Å². The van der Waals surface area contributed by atoms with Crippen LogP contribution < -0.4 is 24.8 Å². The van der Waals surface area contributed by atoms with Crippen LogP contribution >= 0.6 is 11.6 Å². The highest BCUT2D eigenvalue weighted by molar-refractivity contribution is 6.32. The molecule has 3 heterocycles. The van der Waals surface area contributed by atoms with Gasteiger partial charge in [0.25, 0.3) is 0 Å². The van der Waals surface area contributed by atoms with Crippen LogP contribution in [0, 0.1) is 25.2 Å². The van der Waals surface area contributed by atoms with E-state index in [2.05, 4.69) is 58.7 Å². The minimum absolute atomic E-state index is 0.0542. The first-order chi connectivity index (χ1) is 26.6. The van der Waals surface area contributed by atoms with Gasteiger partial charge in [-0.2, -0.15) is 5.26 Å². The zero-order chi connectivity index (χ0) is 38.9. The van der Waals surface area contributed by atoms with Crippen molar-refractivity contribution >= 4 is 23.4 Å². The van der Waals surface area contributed by atoms with Gasteiger partial charge in [-0.05, 0) is 65.9 Å². The largest absolute Gasteiger partial charge is 0.488 e. The zero-order valence-corrected chi connectivity index (χ0v) is 31.5. The molecule has 2 aromatic heterocycles. The molecule has 13 heteroatoms. The SMILES string of the molecule is COc1nc(-c2cccc(-c3cccc(COc4cc(OCc5cncc(C#N)c5)c(CNC[C@@H](O)CC(=O)O)cc4Cl)c3C)c2C)ccc1C1=NCCN1. The zero-order valence-electron chi connectivity index (χ0n) is 30.7. The summed E-state index contributed by atoms with van der Waals surface area (Å²) in [7, 11) is 1.62. The van der Waals surface area contributed by atoms with Gasteiger partial charge < -0.3 is 35.1 Å². The number of ether oxygens (including phenoxy) is 3. The summed E-state index contributed by atoms with van der Waals surface area (Å²) < 4.78 is 18.2. The lowest BCUT2D eigenvalue weighted by atomic mass is 9.90. The molecule has 1 aliphatic heterocycles. The molecule has 4 N–H and O–H groups in total. The van der Waals surface area contributed by atoms with Crippen LogP contribution in [0.15, 0.2) is 84.1 Å². The molecular weight excluding hydrogens is 720 g/mol. The Labute approximate surface area is 324 Å². The van der Waals surface area contributed by atoms with E-state index in [4.69, 9.17) is 35.9 Å². The number of nitrogens with one attached hydrogen (secondary N) is 2. The van der Waals surface area contributed by atoms with Gasteiger partial charge in [-0.25, -0.2) is 4.98 Å². The van der Waals surface area contributed by atoms with E-state index >= 15 is 0 Å². The van der Waals surface area contributed by atoms with Crippen LogP contribution in [0.1, 0.15) is 45.4 Å². The molecule has 0 saturated carbocycles. The molecule has 0 aliphatic carbocycles. The number of aromatic nitrogens is 2. The standard InChI is InChI=1S/C42H41ClN6O6/c1-25-29(6-4-7-32(25)33-8-5-9-34(26(33)2)37-11-10-35(42(49-37)53-3)41-47-12-13-48-41)24-55-39-17-38(54-23-28-14-27(18-44)19-45-20-28)30(15-36(39)43)21-46-22-31(50)16-40(51)52/h4-11,14-15,17,19-20,31,46,50H,12-13,16,21-24H2,1-3H3,(H,47,48)(H,51,52)/t31-/m0/s1. The first kappa shape index (κ1) is 38.7. The van der Waals surface area contributed by atoms with E-state index < -0.39 is 12.1 Å². The predicted molar refractivity (Wildman–Crippen MR) is 210 cm³/mol. The van der Waals surface area contributed by atoms with Gasteiger partial charge in [0.1, 0.15) is 36.6 Å². The average molecular weight is 761 g/mol. The van der Waals surface area contributed by atoms with Crippen LogP contribution in [0.5, 0.6) is 17.4 Å². The summed E-state index contributed by atoms with van der Waals surface area (Å²) in [5, 5.41) is 35.0. The summed E-state index contributed by atoms with van der Waals surface area (Å²) >= 11 is 6.76. The second-order valence-electron chi connectivity index (χ2n) is 13.0. The number of aliphatic hydroxyl groups excluding tert-OH is 1. The van der Waals surface area contributed by atoms with Crippen molar-refractivity contribution < 1.29 is 29.2 Å². The number of hydrogen-bond acceptors (Lipinski definition) is 11. The molecule has 3 aromatic carbocycles. The van der Waals surface area contributed by atoms with Crippen molar-refractivity contribution in [2.24, 2.45) is 4.99 Å². The minimum Gasteiger partial charge on any atom is -0.488 e. The maximum Gasteiger partial charge on any atom is 0.306 e. The molecule has 0 spiro atoms. The average Bonchev–Trinajstić information content (AvgIpc) is 3.72. The van der Waals surface area contributed by atoms with E-state index in [0.717, 1.165) is 63.6 Å². The molecule has 5 aromatic rings. The summed E-state index contributed by atoms with van der Waals surface area (Å²) in [6, 6.07) is 23.5. The Hall–Kier alpha value is -6.00. The van der Waals surface area contributed by atoms with Gasteiger partial charge in [-0.1, -0.05) is 48.0 Å². The number of halogens is 1. The smallest absolute Gasteiger partial charge is 0.306 e. The Bertz CT molecular complexity index is 2270. The number of nitrogens with zero attached hydrogens (tertiary/aromatic N) is 4. The van der Waals surface area contributed by atoms with Crippen molar-refractivity contribution in [3.8, 4) is 45.8 Å². The van der Waals surface area contributed by atoms with Crippen LogP contribution in [0.2, 0.25) is 5.02 Å². The molecule has 0 saturated heterocycles. The van der Waals surface area contributed by atoms with Crippen molar-refractivity contribution in [3.63, 3.8) is 0 Å². The molecule has 1 atom stereocenters. The quantitative estimate of drug-likeness (QED) is 0.0878. The van der Waals surface area contributed by atoms with Gasteiger partial charge in [0.2, 0.25) is 5.88 Å². The molecule has 12 nitrogen and oxygen atoms in total. The number of aliphatic imine (C=N–C) groups is 1. The van der Waals surface area contributed by atoms with E-state index in [1.807, 2.05) is 30.3 Å². The Morgan fingerprint density at radius 1 is 0.964 bits per heavy atom. The molecular formula is C42H41ClN6O6. The summed E-state index contributed by atoms with van der Waals surface area (Å²) in [4.78, 5) is 24.5. The van der Waals surface area contributed by atoms with Gasteiger partial charge in [-0.3, -0.25) is 14.8 Å². The van der Waals surface area contributed by atoms with Gasteiger partial charge >= 0.3 is 5.97 Å². The number of amidine groups is 1. The molecule has 6 rings (SSSR count). The number of aliphatic hydroxyl groups is 1. The molecule has 1 aliphatic rings. The monoisotopic (exact) mass is 760 g/mol. The number of hydrogen-bond donors (Lipinski definition) is 4. The number of nitriles is 1. The minimum atomic E-state index is -1.09. The number of rotatable bonds is 16. The van der Waals surface area contributed by atoms with Crippen LogP contribution in [0.3, 0.4) is 0 Å². The molecule has 282 valence electrons. The maximum atomic E-state index is 11.0. The van der Waals surface area contributed by atoms with Crippen molar-refractivity contribution in [1.82, 2.24) is 20.6 Å². The van der Waals surface area contributed by atoms with Crippen molar-refractivity contribution in [3.05, 3.63) is 123 Å². The van der Waals surface area contributed by atoms with E-state index in [1.54, 1.807) is 31.5 Å². The van der Waals surface area contributed by atoms with Gasteiger partial charge in [0.15, 0.2) is 0 Å². The van der Waals surface area contributed by atoms with Crippen LogP contribution in [-0.4, -0.2) is 64.8 Å². The van der Waals surface area contributed by atoms with Crippen molar-refractivity contribution in [2.75, 3.05) is 26.7 Å². The number of methoxy groups -OCH3 is 1. The fourth-order valence-electron chi connectivity index (χ4n) is 6.39. The number of carboxylic acids is 1. The molecule has 0 radical (unpaired) electrons. The number of benzene rings is 3. The predicted octanol–water partition coefficient (Wildman–Crippen LogP) is 6.39. The lowest BCUT2D eigenvalue weighted by molar-refractivity contribution is -0.139. The molecule has 0 unspecified atom stereocenters. The summed E-state index contributed by atoms with van der Waals surface area (Å²) in [6.07, 6.45) is 1.65. The van der Waals surface area contributed by atoms with Crippen molar-refractivity contribution in [2.45, 2.75) is 46.1 Å². The van der Waals surface area contributed by atoms with Crippen LogP contribution in [0.25, 0.3) is 22.4 Å². The Morgan fingerprint density at radius 2 is 1.73 bits per heavy atom. The normalized spacial score (nSPS) is 12.7. The van der Waals surface area contributed by atoms with E-state index in [-0.39, 0.29) is 32.7 Å². The number of carbonyl (C=O) groups is 1. The Balaban J connectivity index is 1.23. The molecule has 0 bridgehead atoms. The highest BCUT2D eigenvalue weighted by Crippen LogP contribution is 2.37. The number of aliphatic carboxylic acids is 1. The van der Waals surface area contributed by atoms with Crippen LogP contribution in [-0.2, 0) is 24.6 Å². The molecule has 55 heavy (non-hydrogen) atoms. The first-order valence-corrected chi connectivity index (χ1v) is 18.1. The lowest BCUT2D eigenvalue weighted by Crippen LogP contribution is -2.28. The Kier molecular flexibility index (Phi) is 12.6. The van der Waals surface area contributed by atoms with Gasteiger partial charge in [-0.15, -0.1) is 0 Å². The third-order valence-corrected chi connectivity index (χ3v) is 9.55. The lowest BCUT2D eigenvalue weighted by Gasteiger charge is -2.18. The Morgan fingerprint density at radius 3 is 2.47 bits per heavy atom. The fraction of sp³-hybridized carbons (Fsp3) is 0.262. The van der Waals surface area contributed by atoms with E-state index in [1.165, 1.54) is 6.20 Å². The van der Waals surface area contributed by atoms with Crippen molar-refractivity contribution in [1.29, 1.82) is 5.26 Å². The summed E-state index contributed by atoms with van der Waals surface area (Å²) in [5.41, 5.74) is 9.61. The highest BCUT2D eigenvalue weighted by Gasteiger charge is 2.19. The molecule has 0 amide bonds. The van der Waals surface area contributed by atoms with E-state index in [9.17, 15) is 15.2 Å².